The molecule has 38 heavy (non-hydrogen) atoms. The van der Waals surface area contributed by atoms with Crippen molar-refractivity contribution in [2.24, 2.45) is 0 Å². The van der Waals surface area contributed by atoms with Crippen molar-refractivity contribution in [2.45, 2.75) is 58.5 Å². The van der Waals surface area contributed by atoms with E-state index in [1.165, 1.54) is 16.7 Å². The van der Waals surface area contributed by atoms with Gasteiger partial charge in [-0.05, 0) is 47.4 Å². The van der Waals surface area contributed by atoms with Crippen LogP contribution in [0.5, 0.6) is 0 Å². The molecule has 7 nitrogen and oxygen atoms in total. The molecule has 0 radical (unpaired) electrons. The third-order valence-corrected chi connectivity index (χ3v) is 7.24. The maximum atomic E-state index is 5.53. The van der Waals surface area contributed by atoms with Gasteiger partial charge in [0.2, 0.25) is 5.95 Å². The van der Waals surface area contributed by atoms with Gasteiger partial charge in [-0.1, -0.05) is 75.4 Å². The molecule has 1 aliphatic heterocycles. The van der Waals surface area contributed by atoms with Crippen LogP contribution in [0.3, 0.4) is 0 Å². The van der Waals surface area contributed by atoms with E-state index in [0.29, 0.717) is 11.7 Å². The minimum Gasteiger partial charge on any atom is -0.379 e. The van der Waals surface area contributed by atoms with Gasteiger partial charge in [0, 0.05) is 38.9 Å². The number of morpholine rings is 1. The largest absolute Gasteiger partial charge is 0.379 e. The lowest BCUT2D eigenvalue weighted by molar-refractivity contribution is 0.0336. The first-order chi connectivity index (χ1) is 18.3. The van der Waals surface area contributed by atoms with Crippen LogP contribution in [0.4, 0.5) is 5.95 Å². The number of ether oxygens (including phenoxy) is 1. The highest BCUT2D eigenvalue weighted by atomic mass is 16.5. The average Bonchev–Trinajstić information content (AvgIpc) is 3.34. The van der Waals surface area contributed by atoms with Gasteiger partial charge in [-0.15, -0.1) is 5.10 Å². The molecule has 1 aliphatic rings. The fourth-order valence-corrected chi connectivity index (χ4v) is 4.95. The fraction of sp³-hybridized carbons (Fsp3) is 0.452. The molecule has 4 aromatic rings. The van der Waals surface area contributed by atoms with Crippen LogP contribution in [0.15, 0.2) is 60.7 Å². The summed E-state index contributed by atoms with van der Waals surface area (Å²) in [6.45, 7) is 11.7. The molecule has 0 N–H and O–H groups in total. The molecule has 3 heterocycles. The summed E-state index contributed by atoms with van der Waals surface area (Å²) in [5, 5.41) is 4.91. The van der Waals surface area contributed by atoms with Gasteiger partial charge in [-0.3, -0.25) is 4.90 Å². The Labute approximate surface area is 226 Å². The van der Waals surface area contributed by atoms with E-state index in [1.54, 1.807) is 0 Å². The zero-order valence-corrected chi connectivity index (χ0v) is 23.2. The van der Waals surface area contributed by atoms with Gasteiger partial charge in [-0.25, -0.2) is 4.98 Å². The molecular formula is C31H40N6O. The van der Waals surface area contributed by atoms with Crippen molar-refractivity contribution in [1.29, 1.82) is 0 Å². The Kier molecular flexibility index (Phi) is 8.05. The molecule has 0 amide bonds. The number of aromatic nitrogens is 4. The average molecular weight is 513 g/mol. The van der Waals surface area contributed by atoms with Gasteiger partial charge >= 0.3 is 0 Å². The lowest BCUT2D eigenvalue weighted by Gasteiger charge is -2.26. The molecule has 0 aliphatic carbocycles. The second kappa shape index (κ2) is 11.6. The van der Waals surface area contributed by atoms with Gasteiger partial charge in [0.25, 0.3) is 5.78 Å². The van der Waals surface area contributed by atoms with Crippen molar-refractivity contribution in [2.75, 3.05) is 38.3 Å². The highest BCUT2D eigenvalue weighted by Crippen LogP contribution is 2.23. The number of benzene rings is 2. The second-order valence-electron chi connectivity index (χ2n) is 11.4. The third kappa shape index (κ3) is 6.58. The Morgan fingerprint density at radius 2 is 1.63 bits per heavy atom. The van der Waals surface area contributed by atoms with Crippen LogP contribution in [0.2, 0.25) is 0 Å². The summed E-state index contributed by atoms with van der Waals surface area (Å²) in [5.74, 6) is 1.38. The highest BCUT2D eigenvalue weighted by Gasteiger charge is 2.18. The number of rotatable bonds is 9. The summed E-state index contributed by atoms with van der Waals surface area (Å²) < 4.78 is 7.48. The van der Waals surface area contributed by atoms with Crippen LogP contribution in [0, 0.1) is 0 Å². The summed E-state index contributed by atoms with van der Waals surface area (Å²) in [7, 11) is 2.05. The Balaban J connectivity index is 1.36. The molecule has 0 spiro atoms. The smallest absolute Gasteiger partial charge is 0.254 e. The van der Waals surface area contributed by atoms with Crippen molar-refractivity contribution in [3.05, 3.63) is 88.7 Å². The first-order valence-electron chi connectivity index (χ1n) is 13.8. The molecule has 1 fully saturated rings. The summed E-state index contributed by atoms with van der Waals surface area (Å²) in [5.41, 5.74) is 6.30. The number of nitrogens with zero attached hydrogens (tertiary/aromatic N) is 6. The van der Waals surface area contributed by atoms with E-state index in [-0.39, 0.29) is 5.41 Å². The fourth-order valence-electron chi connectivity index (χ4n) is 4.95. The van der Waals surface area contributed by atoms with Crippen molar-refractivity contribution >= 4 is 11.7 Å². The van der Waals surface area contributed by atoms with Crippen molar-refractivity contribution in [3.63, 3.8) is 0 Å². The SMILES string of the molecule is CN(Cc1ccc(C(C)(C)C)cc1)c1nc2nc(CN3CCOCC3)cc(CCCc3ccccc3)n2n1. The quantitative estimate of drug-likeness (QED) is 0.312. The van der Waals surface area contributed by atoms with Crippen LogP contribution >= 0.6 is 0 Å². The van der Waals surface area contributed by atoms with Crippen LogP contribution in [-0.2, 0) is 36.1 Å². The molecule has 0 bridgehead atoms. The minimum absolute atomic E-state index is 0.148. The standard InChI is InChI=1S/C31H40N6O/c1-31(2,3)26-15-13-25(14-16-26)22-35(4)30-33-29-32-27(23-36-17-19-38-20-18-36)21-28(37(29)34-30)12-8-11-24-9-6-5-7-10-24/h5-7,9-10,13-16,21H,8,11-12,17-20,22-23H2,1-4H3. The molecule has 2 aromatic heterocycles. The number of anilines is 1. The minimum atomic E-state index is 0.148. The zero-order chi connectivity index (χ0) is 26.5. The summed E-state index contributed by atoms with van der Waals surface area (Å²) in [6.07, 6.45) is 3.01. The Bertz CT molecular complexity index is 1320. The summed E-state index contributed by atoms with van der Waals surface area (Å²) in [6, 6.07) is 21.8. The number of aryl methyl sites for hydroxylation is 2. The number of hydrogen-bond donors (Lipinski definition) is 0. The van der Waals surface area contributed by atoms with Crippen molar-refractivity contribution in [3.8, 4) is 0 Å². The lowest BCUT2D eigenvalue weighted by atomic mass is 9.87. The van der Waals surface area contributed by atoms with Gasteiger partial charge in [0.15, 0.2) is 0 Å². The molecule has 0 unspecified atom stereocenters. The van der Waals surface area contributed by atoms with E-state index in [4.69, 9.17) is 19.8 Å². The van der Waals surface area contributed by atoms with E-state index >= 15 is 0 Å². The first kappa shape index (κ1) is 26.3. The lowest BCUT2D eigenvalue weighted by Crippen LogP contribution is -2.36. The van der Waals surface area contributed by atoms with E-state index in [9.17, 15) is 0 Å². The third-order valence-electron chi connectivity index (χ3n) is 7.24. The topological polar surface area (TPSA) is 58.8 Å². The molecular weight excluding hydrogens is 472 g/mol. The monoisotopic (exact) mass is 512 g/mol. The van der Waals surface area contributed by atoms with Crippen LogP contribution in [0.1, 0.15) is 55.3 Å². The Morgan fingerprint density at radius 1 is 0.895 bits per heavy atom. The van der Waals surface area contributed by atoms with E-state index < -0.39 is 0 Å². The zero-order valence-electron chi connectivity index (χ0n) is 23.2. The second-order valence-corrected chi connectivity index (χ2v) is 11.4. The first-order valence-corrected chi connectivity index (χ1v) is 13.8. The predicted molar refractivity (Wildman–Crippen MR) is 153 cm³/mol. The van der Waals surface area contributed by atoms with E-state index in [1.807, 2.05) is 4.52 Å². The maximum Gasteiger partial charge on any atom is 0.254 e. The van der Waals surface area contributed by atoms with Crippen LogP contribution < -0.4 is 4.90 Å². The van der Waals surface area contributed by atoms with Crippen molar-refractivity contribution in [1.82, 2.24) is 24.5 Å². The van der Waals surface area contributed by atoms with Crippen LogP contribution in [0.25, 0.3) is 5.78 Å². The predicted octanol–water partition coefficient (Wildman–Crippen LogP) is 5.07. The highest BCUT2D eigenvalue weighted by molar-refractivity contribution is 5.42. The van der Waals surface area contributed by atoms with E-state index in [0.717, 1.165) is 70.0 Å². The van der Waals surface area contributed by atoms with Gasteiger partial charge in [0.1, 0.15) is 0 Å². The molecule has 0 saturated carbocycles. The van der Waals surface area contributed by atoms with Crippen molar-refractivity contribution < 1.29 is 4.74 Å². The Hall–Kier alpha value is -3.29. The molecule has 2 aromatic carbocycles. The normalized spacial score (nSPS) is 14.7. The number of hydrogen-bond acceptors (Lipinski definition) is 6. The van der Waals surface area contributed by atoms with E-state index in [2.05, 4.69) is 98.3 Å². The molecule has 200 valence electrons. The maximum absolute atomic E-state index is 5.53. The van der Waals surface area contributed by atoms with Crippen LogP contribution in [-0.4, -0.2) is 57.8 Å². The molecule has 7 heteroatoms. The summed E-state index contributed by atoms with van der Waals surface area (Å²) in [4.78, 5) is 14.3. The van der Waals surface area contributed by atoms with Gasteiger partial charge in [0.05, 0.1) is 18.9 Å². The number of fused-ring (bicyclic) bond motifs is 1. The van der Waals surface area contributed by atoms with Gasteiger partial charge in [-0.2, -0.15) is 9.50 Å². The Morgan fingerprint density at radius 3 is 2.34 bits per heavy atom. The molecule has 0 atom stereocenters. The summed E-state index contributed by atoms with van der Waals surface area (Å²) >= 11 is 0. The molecule has 1 saturated heterocycles. The molecule has 5 rings (SSSR count). The van der Waals surface area contributed by atoms with Gasteiger partial charge < -0.3 is 9.64 Å².